The molecule has 0 aliphatic rings. The van der Waals surface area contributed by atoms with E-state index in [1.54, 1.807) is 13.8 Å². The van der Waals surface area contributed by atoms with E-state index in [1.807, 2.05) is 0 Å². The number of hydrogen-bond donors (Lipinski definition) is 1. The molecule has 11 heteroatoms. The van der Waals surface area contributed by atoms with Crippen molar-refractivity contribution in [3.8, 4) is 5.69 Å². The average molecular weight is 425 g/mol. The predicted molar refractivity (Wildman–Crippen MR) is 92.9 cm³/mol. The van der Waals surface area contributed by atoms with Gasteiger partial charge in [0.05, 0.1) is 16.3 Å². The molecule has 5 nitrogen and oxygen atoms in total. The summed E-state index contributed by atoms with van der Waals surface area (Å²) in [7, 11) is 0.885. The Kier molecular flexibility index (Phi) is 5.53. The van der Waals surface area contributed by atoms with Crippen LogP contribution in [-0.2, 0) is 13.2 Å². The highest BCUT2D eigenvalue weighted by Gasteiger charge is 2.35. The van der Waals surface area contributed by atoms with Crippen molar-refractivity contribution in [2.24, 2.45) is 7.05 Å². The largest absolute Gasteiger partial charge is 0.478 e. The zero-order chi connectivity index (χ0) is 20.8. The lowest BCUT2D eigenvalue weighted by molar-refractivity contribution is -0.144. The summed E-state index contributed by atoms with van der Waals surface area (Å²) in [5, 5.41) is 8.55. The van der Waals surface area contributed by atoms with Crippen LogP contribution in [0.3, 0.4) is 0 Å². The summed E-state index contributed by atoms with van der Waals surface area (Å²) < 4.78 is 54.3. The summed E-state index contributed by atoms with van der Waals surface area (Å²) in [5.41, 5.74) is -3.54. The Morgan fingerprint density at radius 3 is 2.30 bits per heavy atom. The minimum Gasteiger partial charge on any atom is -0.478 e. The van der Waals surface area contributed by atoms with Crippen LogP contribution in [-0.4, -0.2) is 20.2 Å². The lowest BCUT2D eigenvalue weighted by atomic mass is 9.97. The van der Waals surface area contributed by atoms with Crippen LogP contribution in [0.5, 0.6) is 0 Å². The van der Waals surface area contributed by atoms with Gasteiger partial charge >= 0.3 is 17.8 Å². The predicted octanol–water partition coefficient (Wildman–Crippen LogP) is 4.54. The Bertz CT molecular complexity index is 1060. The van der Waals surface area contributed by atoms with Crippen LogP contribution >= 0.6 is 23.8 Å². The number of rotatable bonds is 3. The Morgan fingerprint density at radius 1 is 1.30 bits per heavy atom. The molecular weight excluding hydrogens is 412 g/mol. The van der Waals surface area contributed by atoms with Gasteiger partial charge in [0.25, 0.3) is 0 Å². The van der Waals surface area contributed by atoms with Gasteiger partial charge in [-0.1, -0.05) is 37.7 Å². The number of benzene rings is 1. The summed E-state index contributed by atoms with van der Waals surface area (Å²) in [4.78, 5) is 23.9. The number of carboxylic acid groups (broad SMARTS) is 1. The van der Waals surface area contributed by atoms with Crippen molar-refractivity contribution in [1.29, 1.82) is 0 Å². The number of carbonyl (C=O) groups is 1. The van der Waals surface area contributed by atoms with E-state index in [0.717, 1.165) is 13.1 Å². The molecule has 0 bridgehead atoms. The molecule has 0 saturated carbocycles. The van der Waals surface area contributed by atoms with Gasteiger partial charge in [-0.05, 0) is 12.0 Å². The molecule has 146 valence electrons. The lowest BCUT2D eigenvalue weighted by Gasteiger charge is -2.20. The molecule has 1 N–H and O–H groups in total. The second kappa shape index (κ2) is 7.08. The molecule has 0 unspecified atom stereocenters. The first kappa shape index (κ1) is 21.1. The highest BCUT2D eigenvalue weighted by Crippen LogP contribution is 2.34. The normalized spacial score (nSPS) is 11.9. The number of alkyl halides is 3. The first-order valence-corrected chi connectivity index (χ1v) is 8.23. The van der Waals surface area contributed by atoms with E-state index in [1.165, 1.54) is 0 Å². The molecule has 2 aromatic rings. The first-order valence-electron chi connectivity index (χ1n) is 7.44. The van der Waals surface area contributed by atoms with E-state index in [-0.39, 0.29) is 11.3 Å². The first-order chi connectivity index (χ1) is 12.3. The monoisotopic (exact) mass is 424 g/mol. The smallest absolute Gasteiger partial charge is 0.431 e. The number of aromatic nitrogens is 2. The molecule has 27 heavy (non-hydrogen) atoms. The topological polar surface area (TPSA) is 64.2 Å². The SMILES string of the molecule is CC(C)c1c(-n2c(=S)cc(C(F)(F)F)n(C)c2=O)cc(C(=O)O)c(Cl)c1F. The molecule has 0 radical (unpaired) electrons. The number of aromatic carboxylic acids is 1. The van der Waals surface area contributed by atoms with Crippen molar-refractivity contribution < 1.29 is 27.5 Å². The molecule has 0 saturated heterocycles. The Labute approximate surface area is 160 Å². The molecule has 0 spiro atoms. The van der Waals surface area contributed by atoms with Gasteiger partial charge < -0.3 is 5.11 Å². The van der Waals surface area contributed by atoms with Crippen LogP contribution in [0.15, 0.2) is 16.9 Å². The van der Waals surface area contributed by atoms with E-state index in [0.29, 0.717) is 15.2 Å². The van der Waals surface area contributed by atoms with Crippen LogP contribution in [0.1, 0.15) is 41.4 Å². The zero-order valence-electron chi connectivity index (χ0n) is 14.2. The van der Waals surface area contributed by atoms with Gasteiger partial charge in [-0.25, -0.2) is 14.0 Å². The van der Waals surface area contributed by atoms with Crippen LogP contribution in [0.4, 0.5) is 17.6 Å². The third-order valence-electron chi connectivity index (χ3n) is 3.88. The second-order valence-corrected chi connectivity index (χ2v) is 6.78. The fraction of sp³-hybridized carbons (Fsp3) is 0.312. The molecule has 0 atom stereocenters. The van der Waals surface area contributed by atoms with Gasteiger partial charge in [0, 0.05) is 18.7 Å². The maximum Gasteiger partial charge on any atom is 0.431 e. The number of hydrogen-bond acceptors (Lipinski definition) is 3. The van der Waals surface area contributed by atoms with Crippen LogP contribution in [0.25, 0.3) is 5.69 Å². The third kappa shape index (κ3) is 3.63. The van der Waals surface area contributed by atoms with Gasteiger partial charge in [-0.2, -0.15) is 13.2 Å². The van der Waals surface area contributed by atoms with Crippen molar-refractivity contribution in [3.63, 3.8) is 0 Å². The summed E-state index contributed by atoms with van der Waals surface area (Å²) in [5.74, 6) is -3.22. The van der Waals surface area contributed by atoms with Gasteiger partial charge in [0.2, 0.25) is 0 Å². The summed E-state index contributed by atoms with van der Waals surface area (Å²) in [6, 6.07) is 1.47. The maximum absolute atomic E-state index is 14.7. The van der Waals surface area contributed by atoms with E-state index in [2.05, 4.69) is 0 Å². The fourth-order valence-corrected chi connectivity index (χ4v) is 3.16. The third-order valence-corrected chi connectivity index (χ3v) is 4.55. The molecule has 1 aromatic carbocycles. The standard InChI is InChI=1S/C16H13ClF4N2O3S/c1-6(2)11-8(4-7(14(24)25)12(17)13(11)18)23-10(27)5-9(16(19,20)21)22(3)15(23)26/h4-6H,1-3H3,(H,24,25). The van der Waals surface area contributed by atoms with Crippen molar-refractivity contribution in [2.75, 3.05) is 0 Å². The number of halogens is 5. The van der Waals surface area contributed by atoms with E-state index >= 15 is 0 Å². The maximum atomic E-state index is 14.7. The molecule has 0 fully saturated rings. The van der Waals surface area contributed by atoms with Crippen molar-refractivity contribution >= 4 is 29.8 Å². The van der Waals surface area contributed by atoms with E-state index in [4.69, 9.17) is 23.8 Å². The molecule has 0 amide bonds. The Morgan fingerprint density at radius 2 is 1.85 bits per heavy atom. The molecule has 2 rings (SSSR count). The fourth-order valence-electron chi connectivity index (χ4n) is 2.64. The quantitative estimate of drug-likeness (QED) is 0.580. The molecule has 1 heterocycles. The molecule has 0 aliphatic carbocycles. The van der Waals surface area contributed by atoms with Gasteiger partial charge in [0.1, 0.15) is 16.2 Å². The highest BCUT2D eigenvalue weighted by molar-refractivity contribution is 7.71. The van der Waals surface area contributed by atoms with Gasteiger partial charge in [-0.15, -0.1) is 0 Å². The van der Waals surface area contributed by atoms with Gasteiger partial charge in [-0.3, -0.25) is 9.13 Å². The second-order valence-electron chi connectivity index (χ2n) is 5.99. The van der Waals surface area contributed by atoms with Crippen molar-refractivity contribution in [1.82, 2.24) is 9.13 Å². The van der Waals surface area contributed by atoms with Crippen LogP contribution < -0.4 is 5.69 Å². The summed E-state index contributed by atoms with van der Waals surface area (Å²) in [6.45, 7) is 3.10. The summed E-state index contributed by atoms with van der Waals surface area (Å²) in [6.07, 6.45) is -4.83. The van der Waals surface area contributed by atoms with Gasteiger partial charge in [0.15, 0.2) is 0 Å². The molecule has 1 aromatic heterocycles. The zero-order valence-corrected chi connectivity index (χ0v) is 15.8. The van der Waals surface area contributed by atoms with Crippen molar-refractivity contribution in [2.45, 2.75) is 25.9 Å². The highest BCUT2D eigenvalue weighted by atomic mass is 35.5. The average Bonchev–Trinajstić information content (AvgIpc) is 2.52. The summed E-state index contributed by atoms with van der Waals surface area (Å²) >= 11 is 10.7. The minimum atomic E-state index is -4.83. The Hall–Kier alpha value is -2.20. The number of nitrogens with zero attached hydrogens (tertiary/aromatic N) is 2. The van der Waals surface area contributed by atoms with Crippen LogP contribution in [0, 0.1) is 10.5 Å². The Balaban J connectivity index is 3.03. The van der Waals surface area contributed by atoms with E-state index in [9.17, 15) is 32.3 Å². The van der Waals surface area contributed by atoms with E-state index < -0.39 is 50.5 Å². The number of carboxylic acids is 1. The van der Waals surface area contributed by atoms with Crippen LogP contribution in [0.2, 0.25) is 5.02 Å². The molecular formula is C16H13ClF4N2O3S. The molecule has 0 aliphatic heterocycles. The lowest BCUT2D eigenvalue weighted by Crippen LogP contribution is -2.34. The minimum absolute atomic E-state index is 0.141. The van der Waals surface area contributed by atoms with Crippen molar-refractivity contribution in [3.05, 3.63) is 54.9 Å².